The maximum absolute atomic E-state index is 14.3. The van der Waals surface area contributed by atoms with Crippen molar-refractivity contribution in [1.82, 2.24) is 4.57 Å². The Morgan fingerprint density at radius 3 is 2.38 bits per heavy atom. The van der Waals surface area contributed by atoms with E-state index < -0.39 is 41.5 Å². The Hall–Kier alpha value is -3.22. The topological polar surface area (TPSA) is 77.8 Å². The molecule has 1 aromatic carbocycles. The number of carboxylic acid groups (broad SMARTS) is 1. The molecule has 0 saturated carbocycles. The first-order valence-electron chi connectivity index (χ1n) is 8.64. The summed E-state index contributed by atoms with van der Waals surface area (Å²) in [5.41, 5.74) is 0.269. The molecule has 3 rings (SSSR count). The highest BCUT2D eigenvalue weighted by Gasteiger charge is 2.61. The zero-order chi connectivity index (χ0) is 24.0. The number of fused-ring (bicyclic) bond motifs is 1. The first-order chi connectivity index (χ1) is 14.8. The Morgan fingerprint density at radius 2 is 1.81 bits per heavy atom. The van der Waals surface area contributed by atoms with Crippen LogP contribution in [0.15, 0.2) is 24.3 Å². The number of carbonyl (C=O) groups excluding carboxylic acids is 1. The second-order valence-electron chi connectivity index (χ2n) is 6.51. The van der Waals surface area contributed by atoms with Gasteiger partial charge in [0.15, 0.2) is 16.6 Å². The number of alkyl halides is 5. The summed E-state index contributed by atoms with van der Waals surface area (Å²) in [6, 6.07) is 3.89. The highest BCUT2D eigenvalue weighted by Crippen LogP contribution is 2.40. The largest absolute Gasteiger partial charge is 0.499 e. The predicted molar refractivity (Wildman–Crippen MR) is 100 cm³/mol. The van der Waals surface area contributed by atoms with Gasteiger partial charge < -0.3 is 14.6 Å². The molecule has 0 atom stereocenters. The van der Waals surface area contributed by atoms with E-state index in [0.717, 1.165) is 22.8 Å². The van der Waals surface area contributed by atoms with E-state index in [4.69, 9.17) is 4.74 Å². The molecular formula is C19H13F6NO5S. The molecule has 0 fully saturated rings. The first kappa shape index (κ1) is 23.4. The van der Waals surface area contributed by atoms with Crippen LogP contribution in [0, 0.1) is 12.7 Å². The number of nitrogens with zero attached hydrogens (tertiary/aromatic N) is 1. The molecule has 2 aromatic heterocycles. The van der Waals surface area contributed by atoms with Crippen molar-refractivity contribution < 1.29 is 50.5 Å². The molecule has 0 aliphatic carbocycles. The zero-order valence-corrected chi connectivity index (χ0v) is 17.0. The fraction of sp³-hybridized carbons (Fsp3) is 0.263. The van der Waals surface area contributed by atoms with Crippen LogP contribution in [-0.2, 0) is 11.2 Å². The molecule has 0 aliphatic heterocycles. The van der Waals surface area contributed by atoms with Crippen LogP contribution in [-0.4, -0.2) is 40.9 Å². The van der Waals surface area contributed by atoms with Gasteiger partial charge in [0, 0.05) is 17.1 Å². The van der Waals surface area contributed by atoms with Crippen molar-refractivity contribution in [3.05, 3.63) is 46.2 Å². The average Bonchev–Trinajstić information content (AvgIpc) is 3.22. The summed E-state index contributed by atoms with van der Waals surface area (Å²) in [5.74, 6) is -3.18. The molecule has 0 amide bonds. The molecule has 13 heteroatoms. The predicted octanol–water partition coefficient (Wildman–Crippen LogP) is 5.01. The lowest BCUT2D eigenvalue weighted by Crippen LogP contribution is -2.41. The van der Waals surface area contributed by atoms with Crippen LogP contribution < -0.4 is 9.47 Å². The van der Waals surface area contributed by atoms with Crippen molar-refractivity contribution in [2.45, 2.75) is 25.6 Å². The van der Waals surface area contributed by atoms with Crippen LogP contribution in [0.1, 0.15) is 20.9 Å². The summed E-state index contributed by atoms with van der Waals surface area (Å²) < 4.78 is 87.1. The summed E-state index contributed by atoms with van der Waals surface area (Å²) in [6.45, 7) is 1.39. The summed E-state index contributed by atoms with van der Waals surface area (Å²) in [7, 11) is 1.19. The molecule has 0 radical (unpaired) electrons. The summed E-state index contributed by atoms with van der Waals surface area (Å²) in [5, 5.41) is 8.53. The lowest BCUT2D eigenvalue weighted by Gasteiger charge is -2.18. The fourth-order valence-electron chi connectivity index (χ4n) is 3.06. The number of rotatable bonds is 6. The number of methoxy groups -OCH3 is 1. The van der Waals surface area contributed by atoms with E-state index >= 15 is 0 Å². The maximum Gasteiger partial charge on any atom is 0.499 e. The van der Waals surface area contributed by atoms with E-state index in [9.17, 15) is 41.0 Å². The van der Waals surface area contributed by atoms with E-state index in [1.165, 1.54) is 20.1 Å². The van der Waals surface area contributed by atoms with E-state index in [0.29, 0.717) is 0 Å². The molecule has 3 aromatic rings. The normalized spacial score (nSPS) is 12.2. The number of carboxylic acids is 1. The van der Waals surface area contributed by atoms with Crippen molar-refractivity contribution >= 4 is 34.1 Å². The van der Waals surface area contributed by atoms with Crippen molar-refractivity contribution in [3.63, 3.8) is 0 Å². The Labute approximate surface area is 179 Å². The minimum atomic E-state index is -5.96. The molecular weight excluding hydrogens is 468 g/mol. The zero-order valence-electron chi connectivity index (χ0n) is 16.2. The number of halogens is 6. The van der Waals surface area contributed by atoms with Crippen LogP contribution in [0.25, 0.3) is 10.9 Å². The quantitative estimate of drug-likeness (QED) is 0.501. The molecule has 0 saturated heterocycles. The Bertz CT molecular complexity index is 1210. The minimum absolute atomic E-state index is 0.0291. The van der Waals surface area contributed by atoms with Crippen LogP contribution >= 0.6 is 11.3 Å². The second-order valence-corrected chi connectivity index (χ2v) is 7.56. The maximum atomic E-state index is 14.3. The number of thiophene rings is 1. The van der Waals surface area contributed by atoms with Crippen molar-refractivity contribution in [2.75, 3.05) is 7.11 Å². The number of aromatic nitrogens is 1. The van der Waals surface area contributed by atoms with Crippen LogP contribution in [0.4, 0.5) is 26.3 Å². The van der Waals surface area contributed by atoms with Gasteiger partial charge in [0.25, 0.3) is 5.91 Å². The van der Waals surface area contributed by atoms with Gasteiger partial charge in [0.05, 0.1) is 23.9 Å². The molecule has 172 valence electrons. The lowest BCUT2D eigenvalue weighted by atomic mass is 10.1. The lowest BCUT2D eigenvalue weighted by molar-refractivity contribution is -0.359. The van der Waals surface area contributed by atoms with E-state index in [2.05, 4.69) is 4.74 Å². The summed E-state index contributed by atoms with van der Waals surface area (Å²) in [6.07, 6.45) is -12.0. The van der Waals surface area contributed by atoms with Gasteiger partial charge in [0.2, 0.25) is 0 Å². The molecule has 0 unspecified atom stereocenters. The summed E-state index contributed by atoms with van der Waals surface area (Å²) in [4.78, 5) is 24.0. The third-order valence-corrected chi connectivity index (χ3v) is 5.44. The van der Waals surface area contributed by atoms with Gasteiger partial charge in [-0.3, -0.25) is 14.2 Å². The van der Waals surface area contributed by atoms with Gasteiger partial charge in [-0.1, -0.05) is 11.3 Å². The smallest absolute Gasteiger partial charge is 0.494 e. The minimum Gasteiger partial charge on any atom is -0.494 e. The van der Waals surface area contributed by atoms with E-state index in [-0.39, 0.29) is 44.1 Å². The molecule has 0 aliphatic rings. The average molecular weight is 481 g/mol. The molecule has 32 heavy (non-hydrogen) atoms. The second kappa shape index (κ2) is 8.04. The number of carbonyl (C=O) groups is 2. The van der Waals surface area contributed by atoms with Gasteiger partial charge in [-0.2, -0.15) is 22.0 Å². The molecule has 0 spiro atoms. The van der Waals surface area contributed by atoms with Gasteiger partial charge >= 0.3 is 18.3 Å². The number of benzene rings is 1. The number of hydrogen-bond donors (Lipinski definition) is 1. The number of hydrogen-bond acceptors (Lipinski definition) is 5. The standard InChI is InChI=1S/C19H13F6NO5S/c1-8-9(6-15(27)28)10-5-13(30-2)11(20)7-12(10)26(8)17(29)14-3-4-16(32-14)31-19(24,25)18(21,22)23/h3-5,7H,6H2,1-2H3,(H,27,28). The molecule has 0 bridgehead atoms. The monoisotopic (exact) mass is 481 g/mol. The first-order valence-corrected chi connectivity index (χ1v) is 9.45. The molecule has 6 nitrogen and oxygen atoms in total. The Balaban J connectivity index is 2.09. The van der Waals surface area contributed by atoms with Crippen molar-refractivity contribution in [3.8, 4) is 10.8 Å². The van der Waals surface area contributed by atoms with Crippen molar-refractivity contribution in [2.24, 2.45) is 0 Å². The van der Waals surface area contributed by atoms with Crippen LogP contribution in [0.3, 0.4) is 0 Å². The van der Waals surface area contributed by atoms with Gasteiger partial charge in [-0.05, 0) is 30.7 Å². The highest BCUT2D eigenvalue weighted by atomic mass is 32.1. The molecule has 1 N–H and O–H groups in total. The van der Waals surface area contributed by atoms with Crippen LogP contribution in [0.5, 0.6) is 10.8 Å². The van der Waals surface area contributed by atoms with Gasteiger partial charge in [-0.15, -0.1) is 0 Å². The van der Waals surface area contributed by atoms with Gasteiger partial charge in [-0.25, -0.2) is 4.39 Å². The SMILES string of the molecule is COc1cc2c(CC(=O)O)c(C)n(C(=O)c3ccc(OC(F)(F)C(F)(F)F)s3)c2cc1F. The Kier molecular flexibility index (Phi) is 5.89. The van der Waals surface area contributed by atoms with Gasteiger partial charge in [0.1, 0.15) is 0 Å². The van der Waals surface area contributed by atoms with E-state index in [1.54, 1.807) is 0 Å². The summed E-state index contributed by atoms with van der Waals surface area (Å²) >= 11 is 0.224. The van der Waals surface area contributed by atoms with Crippen LogP contribution in [0.2, 0.25) is 0 Å². The highest BCUT2D eigenvalue weighted by molar-refractivity contribution is 7.15. The fourth-order valence-corrected chi connectivity index (χ4v) is 3.87. The van der Waals surface area contributed by atoms with E-state index in [1.807, 2.05) is 0 Å². The number of aliphatic carboxylic acids is 1. The Morgan fingerprint density at radius 1 is 1.16 bits per heavy atom. The van der Waals surface area contributed by atoms with Crippen molar-refractivity contribution in [1.29, 1.82) is 0 Å². The molecule has 2 heterocycles. The third kappa shape index (κ3) is 4.11. The number of ether oxygens (including phenoxy) is 2. The third-order valence-electron chi connectivity index (χ3n) is 4.49.